The Morgan fingerprint density at radius 2 is 1.24 bits per heavy atom. The Labute approximate surface area is 175 Å². The summed E-state index contributed by atoms with van der Waals surface area (Å²) >= 11 is 0. The molecule has 4 rings (SSSR count). The second kappa shape index (κ2) is 7.81. The van der Waals surface area contributed by atoms with Crippen molar-refractivity contribution in [2.45, 2.75) is 45.9 Å². The van der Waals surface area contributed by atoms with Crippen LogP contribution in [0, 0.1) is 0 Å². The highest BCUT2D eigenvalue weighted by Gasteiger charge is 2.21. The van der Waals surface area contributed by atoms with Gasteiger partial charge in [-0.05, 0) is 51.9 Å². The highest BCUT2D eigenvalue weighted by molar-refractivity contribution is 7.49. The van der Waals surface area contributed by atoms with Gasteiger partial charge in [0, 0.05) is 11.1 Å². The zero-order valence-corrected chi connectivity index (χ0v) is 18.9. The summed E-state index contributed by atoms with van der Waals surface area (Å²) in [6, 6.07) is 26.3. The summed E-state index contributed by atoms with van der Waals surface area (Å²) in [5.41, 5.74) is 2.55. The summed E-state index contributed by atoms with van der Waals surface area (Å²) in [6.45, 7) is 11.1. The third kappa shape index (κ3) is 4.16. The van der Waals surface area contributed by atoms with E-state index < -0.39 is 0 Å². The lowest BCUT2D eigenvalue weighted by Crippen LogP contribution is -2.14. The molecule has 0 N–H and O–H groups in total. The van der Waals surface area contributed by atoms with Crippen LogP contribution < -0.4 is 10.0 Å². The predicted molar refractivity (Wildman–Crippen MR) is 130 cm³/mol. The normalized spacial score (nSPS) is 12.5. The molecule has 0 saturated heterocycles. The van der Waals surface area contributed by atoms with Gasteiger partial charge in [0.15, 0.2) is 0 Å². The van der Waals surface area contributed by atoms with E-state index in [1.165, 1.54) is 38.0 Å². The van der Waals surface area contributed by atoms with Crippen molar-refractivity contribution in [2.24, 2.45) is 0 Å². The third-order valence-electron chi connectivity index (χ3n) is 4.94. The maximum atomic E-state index is 6.34. The van der Waals surface area contributed by atoms with Crippen molar-refractivity contribution in [1.29, 1.82) is 0 Å². The molecule has 0 heterocycles. The summed E-state index contributed by atoms with van der Waals surface area (Å²) < 4.78 is 6.34. The average molecular weight is 401 g/mol. The largest absolute Gasteiger partial charge is 0.490 e. The van der Waals surface area contributed by atoms with Gasteiger partial charge in [0.1, 0.15) is 5.75 Å². The molecule has 1 nitrogen and oxygen atoms in total. The van der Waals surface area contributed by atoms with Gasteiger partial charge in [0.2, 0.25) is 0 Å². The van der Waals surface area contributed by atoms with Crippen molar-refractivity contribution >= 4 is 35.4 Å². The second-order valence-corrected chi connectivity index (χ2v) is 11.2. The monoisotopic (exact) mass is 400 g/mol. The van der Waals surface area contributed by atoms with Crippen LogP contribution in [0.5, 0.6) is 5.75 Å². The van der Waals surface area contributed by atoms with Crippen LogP contribution in [0.3, 0.4) is 0 Å². The molecule has 0 aliphatic carbocycles. The Hall–Kier alpha value is -2.37. The van der Waals surface area contributed by atoms with Gasteiger partial charge >= 0.3 is 0 Å². The van der Waals surface area contributed by atoms with Gasteiger partial charge in [0.05, 0.1) is 6.10 Å². The van der Waals surface area contributed by atoms with Crippen LogP contribution in [0.1, 0.15) is 34.6 Å². The molecule has 148 valence electrons. The molecular formula is C27H29OP. The van der Waals surface area contributed by atoms with Gasteiger partial charge in [-0.25, -0.2) is 0 Å². The Balaban J connectivity index is 2.13. The van der Waals surface area contributed by atoms with Gasteiger partial charge in [-0.15, -0.1) is 0 Å². The number of ether oxygens (including phenoxy) is 1. The molecule has 4 aromatic rings. The van der Waals surface area contributed by atoms with Gasteiger partial charge in [-0.3, -0.25) is 0 Å². The molecule has 4 aromatic carbocycles. The molecule has 2 heteroatoms. The lowest BCUT2D eigenvalue weighted by molar-refractivity contribution is 0.244. The standard InChI is InChI=1S/C27H29OP/c1-18(2)28-23-16-14-19-10-6-8-12-21(19)25(23)26-22-13-9-7-11-20(22)15-17-24(26)29-27(3,4)5/h6-18,29H,1-5H3. The molecule has 0 saturated carbocycles. The molecule has 1 atom stereocenters. The van der Waals surface area contributed by atoms with Crippen molar-refractivity contribution in [3.05, 3.63) is 72.8 Å². The first-order chi connectivity index (χ1) is 13.8. The first kappa shape index (κ1) is 19.9. The Kier molecular flexibility index (Phi) is 5.36. The van der Waals surface area contributed by atoms with Crippen molar-refractivity contribution in [2.75, 3.05) is 0 Å². The summed E-state index contributed by atoms with van der Waals surface area (Å²) in [5.74, 6) is 0.968. The fourth-order valence-electron chi connectivity index (χ4n) is 3.91. The minimum atomic E-state index is 0.124. The molecule has 0 radical (unpaired) electrons. The van der Waals surface area contributed by atoms with Gasteiger partial charge in [0.25, 0.3) is 0 Å². The van der Waals surface area contributed by atoms with E-state index in [1.807, 2.05) is 0 Å². The topological polar surface area (TPSA) is 9.23 Å². The summed E-state index contributed by atoms with van der Waals surface area (Å²) in [7, 11) is 0.709. The van der Waals surface area contributed by atoms with Crippen LogP contribution in [0.25, 0.3) is 32.7 Å². The lowest BCUT2D eigenvalue weighted by Gasteiger charge is -2.24. The molecular weight excluding hydrogens is 371 g/mol. The maximum Gasteiger partial charge on any atom is 0.128 e. The first-order valence-electron chi connectivity index (χ1n) is 10.3. The molecule has 0 aliphatic heterocycles. The molecule has 0 aliphatic rings. The molecule has 29 heavy (non-hydrogen) atoms. The molecule has 0 bridgehead atoms. The van der Waals surface area contributed by atoms with Crippen molar-refractivity contribution in [3.63, 3.8) is 0 Å². The molecule has 1 unspecified atom stereocenters. The van der Waals surface area contributed by atoms with Crippen LogP contribution in [0.4, 0.5) is 0 Å². The zero-order valence-electron chi connectivity index (χ0n) is 17.9. The van der Waals surface area contributed by atoms with Crippen LogP contribution >= 0.6 is 8.58 Å². The number of hydrogen-bond acceptors (Lipinski definition) is 1. The molecule has 0 fully saturated rings. The second-order valence-electron chi connectivity index (χ2n) is 8.91. The van der Waals surface area contributed by atoms with E-state index in [-0.39, 0.29) is 11.3 Å². The van der Waals surface area contributed by atoms with Crippen LogP contribution in [0.2, 0.25) is 0 Å². The molecule has 0 amide bonds. The van der Waals surface area contributed by atoms with Gasteiger partial charge < -0.3 is 4.74 Å². The van der Waals surface area contributed by atoms with E-state index in [2.05, 4.69) is 107 Å². The summed E-state index contributed by atoms with van der Waals surface area (Å²) in [4.78, 5) is 0. The fourth-order valence-corrected chi connectivity index (χ4v) is 5.27. The Morgan fingerprint density at radius 3 is 1.83 bits per heavy atom. The van der Waals surface area contributed by atoms with Crippen LogP contribution in [0.15, 0.2) is 72.8 Å². The number of fused-ring (bicyclic) bond motifs is 2. The van der Waals surface area contributed by atoms with E-state index in [1.54, 1.807) is 0 Å². The van der Waals surface area contributed by atoms with E-state index in [4.69, 9.17) is 4.74 Å². The van der Waals surface area contributed by atoms with Crippen LogP contribution in [-0.4, -0.2) is 11.3 Å². The average Bonchev–Trinajstić information content (AvgIpc) is 2.67. The number of hydrogen-bond donors (Lipinski definition) is 0. The fraction of sp³-hybridized carbons (Fsp3) is 0.259. The van der Waals surface area contributed by atoms with Crippen molar-refractivity contribution in [1.82, 2.24) is 0 Å². The highest BCUT2D eigenvalue weighted by Crippen LogP contribution is 2.43. The van der Waals surface area contributed by atoms with Gasteiger partial charge in [-0.1, -0.05) is 96.1 Å². The summed E-state index contributed by atoms with van der Waals surface area (Å²) in [5, 5.41) is 6.70. The first-order valence-corrected chi connectivity index (χ1v) is 11.3. The smallest absolute Gasteiger partial charge is 0.128 e. The Bertz CT molecular complexity index is 1170. The van der Waals surface area contributed by atoms with E-state index >= 15 is 0 Å². The number of rotatable bonds is 4. The molecule has 0 aromatic heterocycles. The lowest BCUT2D eigenvalue weighted by atomic mass is 9.93. The quantitative estimate of drug-likeness (QED) is 0.321. The number of benzene rings is 4. The van der Waals surface area contributed by atoms with E-state index in [0.717, 1.165) is 5.75 Å². The van der Waals surface area contributed by atoms with E-state index in [0.29, 0.717) is 8.58 Å². The van der Waals surface area contributed by atoms with Gasteiger partial charge in [-0.2, -0.15) is 0 Å². The zero-order chi connectivity index (χ0) is 20.6. The maximum absolute atomic E-state index is 6.34. The van der Waals surface area contributed by atoms with E-state index in [9.17, 15) is 0 Å². The highest BCUT2D eigenvalue weighted by atomic mass is 31.1. The Morgan fingerprint density at radius 1 is 0.690 bits per heavy atom. The third-order valence-corrected chi connectivity index (χ3v) is 6.38. The summed E-state index contributed by atoms with van der Waals surface area (Å²) in [6.07, 6.45) is 0.124. The van der Waals surface area contributed by atoms with Crippen molar-refractivity contribution in [3.8, 4) is 16.9 Å². The SMILES string of the molecule is CC(C)Oc1ccc2ccccc2c1-c1c(PC(C)(C)C)ccc2ccccc12. The minimum Gasteiger partial charge on any atom is -0.490 e. The molecule has 0 spiro atoms. The predicted octanol–water partition coefficient (Wildman–Crippen LogP) is 7.55. The minimum absolute atomic E-state index is 0.124. The van der Waals surface area contributed by atoms with Crippen molar-refractivity contribution < 1.29 is 4.74 Å². The van der Waals surface area contributed by atoms with Crippen LogP contribution in [-0.2, 0) is 0 Å².